The van der Waals surface area contributed by atoms with Gasteiger partial charge in [0.15, 0.2) is 0 Å². The molecule has 0 radical (unpaired) electrons. The van der Waals surface area contributed by atoms with Crippen molar-refractivity contribution in [2.75, 3.05) is 17.7 Å². The van der Waals surface area contributed by atoms with Gasteiger partial charge in [-0.2, -0.15) is 0 Å². The number of rotatable bonds is 10. The number of hydrogen-bond acceptors (Lipinski definition) is 4. The Kier molecular flexibility index (Phi) is 8.57. The highest BCUT2D eigenvalue weighted by Gasteiger charge is 2.20. The van der Waals surface area contributed by atoms with Gasteiger partial charge >= 0.3 is 0 Å². The van der Waals surface area contributed by atoms with Crippen LogP contribution >= 0.6 is 0 Å². The summed E-state index contributed by atoms with van der Waals surface area (Å²) in [5.74, 6) is 0.942. The van der Waals surface area contributed by atoms with Crippen LogP contribution in [0.15, 0.2) is 72.8 Å². The molecule has 0 bridgehead atoms. The lowest BCUT2D eigenvalue weighted by Gasteiger charge is -2.23. The minimum Gasteiger partial charge on any atom is -0.497 e. The van der Waals surface area contributed by atoms with E-state index in [0.29, 0.717) is 17.2 Å². The van der Waals surface area contributed by atoms with Gasteiger partial charge in [0, 0.05) is 5.56 Å². The fourth-order valence-corrected chi connectivity index (χ4v) is 4.75. The van der Waals surface area contributed by atoms with Crippen molar-refractivity contribution in [2.45, 2.75) is 39.8 Å². The lowest BCUT2D eigenvalue weighted by molar-refractivity contribution is 0.0932. The number of carbonyl (C=O) groups is 1. The van der Waals surface area contributed by atoms with Crippen LogP contribution in [-0.4, -0.2) is 27.7 Å². The molecule has 0 saturated heterocycles. The molecule has 3 aromatic rings. The zero-order valence-electron chi connectivity index (χ0n) is 21.0. The summed E-state index contributed by atoms with van der Waals surface area (Å²) in [6, 6.07) is 22.0. The van der Waals surface area contributed by atoms with E-state index in [1.807, 2.05) is 55.5 Å². The predicted octanol–water partition coefficient (Wildman–Crippen LogP) is 5.49. The molecule has 0 unspecified atom stereocenters. The summed E-state index contributed by atoms with van der Waals surface area (Å²) in [4.78, 5) is 13.1. The molecule has 0 aromatic heterocycles. The molecule has 35 heavy (non-hydrogen) atoms. The summed E-state index contributed by atoms with van der Waals surface area (Å²) in [6.07, 6.45) is 1.97. The first kappa shape index (κ1) is 26.3. The van der Waals surface area contributed by atoms with Crippen LogP contribution < -0.4 is 14.4 Å². The Morgan fingerprint density at radius 1 is 0.943 bits per heavy atom. The molecule has 0 heterocycles. The van der Waals surface area contributed by atoms with E-state index in [2.05, 4.69) is 19.2 Å². The Hall–Kier alpha value is -3.32. The molecule has 186 valence electrons. The first-order valence-corrected chi connectivity index (χ1v) is 13.5. The number of nitrogens with zero attached hydrogens (tertiary/aromatic N) is 1. The second-order valence-electron chi connectivity index (χ2n) is 9.23. The molecule has 1 amide bonds. The normalized spacial score (nSPS) is 12.3. The smallest absolute Gasteiger partial charge is 0.251 e. The Morgan fingerprint density at radius 3 is 2.06 bits per heavy atom. The number of ether oxygens (including phenoxy) is 1. The number of anilines is 1. The third kappa shape index (κ3) is 7.33. The van der Waals surface area contributed by atoms with E-state index in [-0.39, 0.29) is 18.5 Å². The first-order valence-electron chi connectivity index (χ1n) is 11.6. The van der Waals surface area contributed by atoms with E-state index in [1.54, 1.807) is 31.4 Å². The van der Waals surface area contributed by atoms with Gasteiger partial charge in [-0.3, -0.25) is 9.10 Å². The molecule has 0 aliphatic rings. The second-order valence-corrected chi connectivity index (χ2v) is 11.1. The van der Waals surface area contributed by atoms with Crippen LogP contribution in [0.4, 0.5) is 5.69 Å². The third-order valence-electron chi connectivity index (χ3n) is 5.80. The van der Waals surface area contributed by atoms with Crippen LogP contribution in [0.2, 0.25) is 0 Å². The summed E-state index contributed by atoms with van der Waals surface area (Å²) in [7, 11) is -1.89. The van der Waals surface area contributed by atoms with Crippen LogP contribution in [0.25, 0.3) is 0 Å². The molecule has 1 N–H and O–H groups in total. The molecule has 1 atom stereocenters. The number of sulfonamides is 1. The predicted molar refractivity (Wildman–Crippen MR) is 141 cm³/mol. The lowest BCUT2D eigenvalue weighted by Crippen LogP contribution is -2.30. The Labute approximate surface area is 209 Å². The molecular weight excluding hydrogens is 460 g/mol. The maximum atomic E-state index is 13.1. The van der Waals surface area contributed by atoms with Gasteiger partial charge in [-0.05, 0) is 66.8 Å². The average molecular weight is 495 g/mol. The van der Waals surface area contributed by atoms with Crippen molar-refractivity contribution in [1.29, 1.82) is 0 Å². The number of aryl methyl sites for hydroxylation is 1. The number of amides is 1. The molecule has 0 aliphatic heterocycles. The number of benzene rings is 3. The molecule has 0 aliphatic carbocycles. The maximum absolute atomic E-state index is 13.1. The summed E-state index contributed by atoms with van der Waals surface area (Å²) in [6.45, 7) is 6.44. The van der Waals surface area contributed by atoms with Crippen molar-refractivity contribution in [3.63, 3.8) is 0 Å². The van der Waals surface area contributed by atoms with E-state index in [9.17, 15) is 13.2 Å². The third-order valence-corrected chi connectivity index (χ3v) is 6.94. The molecule has 0 fully saturated rings. The summed E-state index contributed by atoms with van der Waals surface area (Å²) in [5.41, 5.74) is 3.99. The van der Waals surface area contributed by atoms with Crippen molar-refractivity contribution >= 4 is 21.6 Å². The van der Waals surface area contributed by atoms with E-state index >= 15 is 0 Å². The van der Waals surface area contributed by atoms with Crippen molar-refractivity contribution in [2.24, 2.45) is 5.92 Å². The van der Waals surface area contributed by atoms with Gasteiger partial charge in [0.1, 0.15) is 5.75 Å². The molecule has 6 nitrogen and oxygen atoms in total. The standard InChI is InChI=1S/C28H34N2O4S/c1-20(2)18-27(23-12-16-26(34-4)17-13-23)29-28(31)24-10-14-25(15-11-24)30(35(5,32)33)19-22-8-6-21(3)7-9-22/h6-17,20,27H,18-19H2,1-5H3,(H,29,31)/t27-/m0/s1. The largest absolute Gasteiger partial charge is 0.497 e. The fraction of sp³-hybridized carbons (Fsp3) is 0.321. The van der Waals surface area contributed by atoms with E-state index < -0.39 is 10.0 Å². The molecule has 7 heteroatoms. The topological polar surface area (TPSA) is 75.7 Å². The minimum absolute atomic E-state index is 0.151. The molecule has 0 spiro atoms. The van der Waals surface area contributed by atoms with Crippen LogP contribution in [0.1, 0.15) is 53.4 Å². The second kappa shape index (κ2) is 11.4. The zero-order chi connectivity index (χ0) is 25.6. The van der Waals surface area contributed by atoms with Gasteiger partial charge in [-0.15, -0.1) is 0 Å². The Balaban J connectivity index is 1.79. The van der Waals surface area contributed by atoms with E-state index in [0.717, 1.165) is 28.9 Å². The fourth-order valence-electron chi connectivity index (χ4n) is 3.87. The lowest BCUT2D eigenvalue weighted by atomic mass is 9.96. The van der Waals surface area contributed by atoms with Crippen LogP contribution in [0, 0.1) is 12.8 Å². The zero-order valence-corrected chi connectivity index (χ0v) is 21.8. The quantitative estimate of drug-likeness (QED) is 0.405. The first-order chi connectivity index (χ1) is 16.6. The van der Waals surface area contributed by atoms with Crippen molar-refractivity contribution in [3.8, 4) is 5.75 Å². The van der Waals surface area contributed by atoms with Gasteiger partial charge < -0.3 is 10.1 Å². The Morgan fingerprint density at radius 2 is 1.54 bits per heavy atom. The van der Waals surface area contributed by atoms with E-state index in [1.165, 1.54) is 10.6 Å². The van der Waals surface area contributed by atoms with Gasteiger partial charge in [0.2, 0.25) is 10.0 Å². The molecule has 3 aromatic carbocycles. The highest BCUT2D eigenvalue weighted by molar-refractivity contribution is 7.92. The van der Waals surface area contributed by atoms with Crippen molar-refractivity contribution in [3.05, 3.63) is 95.1 Å². The monoisotopic (exact) mass is 494 g/mol. The summed E-state index contributed by atoms with van der Waals surface area (Å²) in [5, 5.41) is 3.13. The maximum Gasteiger partial charge on any atom is 0.251 e. The number of carbonyl (C=O) groups excluding carboxylic acids is 1. The highest BCUT2D eigenvalue weighted by Crippen LogP contribution is 2.25. The van der Waals surface area contributed by atoms with Crippen molar-refractivity contribution < 1.29 is 17.9 Å². The summed E-state index contributed by atoms with van der Waals surface area (Å²) >= 11 is 0. The molecule has 0 saturated carbocycles. The molecule has 3 rings (SSSR count). The van der Waals surface area contributed by atoms with Crippen LogP contribution in [0.3, 0.4) is 0 Å². The van der Waals surface area contributed by atoms with Gasteiger partial charge in [-0.1, -0.05) is 55.8 Å². The SMILES string of the molecule is COc1ccc([C@H](CC(C)C)NC(=O)c2ccc(N(Cc3ccc(C)cc3)S(C)(=O)=O)cc2)cc1. The van der Waals surface area contributed by atoms with Crippen LogP contribution in [-0.2, 0) is 16.6 Å². The van der Waals surface area contributed by atoms with Gasteiger partial charge in [0.05, 0.1) is 31.6 Å². The number of hydrogen-bond donors (Lipinski definition) is 1. The van der Waals surface area contributed by atoms with Gasteiger partial charge in [-0.25, -0.2) is 8.42 Å². The van der Waals surface area contributed by atoms with Crippen molar-refractivity contribution in [1.82, 2.24) is 5.32 Å². The van der Waals surface area contributed by atoms with Crippen LogP contribution in [0.5, 0.6) is 5.75 Å². The van der Waals surface area contributed by atoms with Gasteiger partial charge in [0.25, 0.3) is 5.91 Å². The Bertz CT molecular complexity index is 1220. The summed E-state index contributed by atoms with van der Waals surface area (Å²) < 4.78 is 31.6. The number of nitrogens with one attached hydrogen (secondary N) is 1. The van der Waals surface area contributed by atoms with E-state index in [4.69, 9.17) is 4.74 Å². The minimum atomic E-state index is -3.51. The highest BCUT2D eigenvalue weighted by atomic mass is 32.2. The molecular formula is C28H34N2O4S. The average Bonchev–Trinajstić information content (AvgIpc) is 2.82. The number of methoxy groups -OCH3 is 1.